The highest BCUT2D eigenvalue weighted by Crippen LogP contribution is 2.26. The zero-order valence-corrected chi connectivity index (χ0v) is 18.1. The summed E-state index contributed by atoms with van der Waals surface area (Å²) in [6.07, 6.45) is 4.55. The monoisotopic (exact) mass is 405 g/mol. The van der Waals surface area contributed by atoms with Crippen LogP contribution >= 0.6 is 0 Å². The largest absolute Gasteiger partial charge is 0.497 e. The van der Waals surface area contributed by atoms with Crippen molar-refractivity contribution in [1.29, 1.82) is 0 Å². The first kappa shape index (κ1) is 20.4. The van der Waals surface area contributed by atoms with Gasteiger partial charge in [0.25, 0.3) is 0 Å². The molecule has 2 N–H and O–H groups in total. The molecule has 0 saturated heterocycles. The normalized spacial score (nSPS) is 18.9. The van der Waals surface area contributed by atoms with Crippen molar-refractivity contribution < 1.29 is 4.74 Å². The van der Waals surface area contributed by atoms with Gasteiger partial charge in [-0.3, -0.25) is 0 Å². The molecule has 158 valence electrons. The molecule has 4 rings (SSSR count). The van der Waals surface area contributed by atoms with Crippen LogP contribution < -0.4 is 20.3 Å². The summed E-state index contributed by atoms with van der Waals surface area (Å²) in [4.78, 5) is 11.6. The zero-order chi connectivity index (χ0) is 20.9. The van der Waals surface area contributed by atoms with Gasteiger partial charge in [-0.2, -0.15) is 4.98 Å². The van der Waals surface area contributed by atoms with Crippen molar-refractivity contribution in [3.05, 3.63) is 54.1 Å². The first-order valence-electron chi connectivity index (χ1n) is 10.7. The molecule has 0 spiro atoms. The Morgan fingerprint density at radius 3 is 2.33 bits per heavy atom. The molecule has 0 atom stereocenters. The summed E-state index contributed by atoms with van der Waals surface area (Å²) in [5.74, 6) is 2.59. The van der Waals surface area contributed by atoms with Crippen molar-refractivity contribution in [3.8, 4) is 5.75 Å². The lowest BCUT2D eigenvalue weighted by molar-refractivity contribution is 0.352. The van der Waals surface area contributed by atoms with Crippen LogP contribution in [0.4, 0.5) is 11.8 Å². The number of nitrogens with one attached hydrogen (secondary N) is 2. The second-order valence-corrected chi connectivity index (χ2v) is 8.20. The number of nitrogens with zero attached hydrogens (tertiary/aromatic N) is 3. The van der Waals surface area contributed by atoms with E-state index >= 15 is 0 Å². The van der Waals surface area contributed by atoms with Gasteiger partial charge in [-0.1, -0.05) is 24.3 Å². The number of methoxy groups -OCH3 is 1. The smallest absolute Gasteiger partial charge is 0.225 e. The average molecular weight is 406 g/mol. The molecule has 1 aromatic heterocycles. The third kappa shape index (κ3) is 4.82. The van der Waals surface area contributed by atoms with Crippen LogP contribution in [0.2, 0.25) is 0 Å². The van der Waals surface area contributed by atoms with E-state index in [0.717, 1.165) is 60.6 Å². The molecule has 6 nitrogen and oxygen atoms in total. The first-order chi connectivity index (χ1) is 14.6. The van der Waals surface area contributed by atoms with E-state index in [4.69, 9.17) is 14.7 Å². The van der Waals surface area contributed by atoms with Crippen LogP contribution in [0, 0.1) is 0 Å². The van der Waals surface area contributed by atoms with E-state index < -0.39 is 0 Å². The van der Waals surface area contributed by atoms with Crippen LogP contribution in [0.3, 0.4) is 0 Å². The maximum atomic E-state index is 5.23. The summed E-state index contributed by atoms with van der Waals surface area (Å²) >= 11 is 0. The molecule has 3 aromatic rings. The average Bonchev–Trinajstić information content (AvgIpc) is 2.78. The van der Waals surface area contributed by atoms with Gasteiger partial charge in [0.2, 0.25) is 5.95 Å². The second-order valence-electron chi connectivity index (χ2n) is 8.20. The summed E-state index contributed by atoms with van der Waals surface area (Å²) in [6, 6.07) is 17.4. The maximum absolute atomic E-state index is 5.23. The molecule has 0 bridgehead atoms. The molecule has 1 heterocycles. The van der Waals surface area contributed by atoms with Gasteiger partial charge in [-0.25, -0.2) is 4.98 Å². The highest BCUT2D eigenvalue weighted by atomic mass is 16.5. The molecule has 0 amide bonds. The van der Waals surface area contributed by atoms with E-state index in [2.05, 4.69) is 39.8 Å². The topological polar surface area (TPSA) is 62.3 Å². The van der Waals surface area contributed by atoms with Gasteiger partial charge in [0.15, 0.2) is 0 Å². The van der Waals surface area contributed by atoms with E-state index in [1.807, 2.05) is 38.4 Å². The fraction of sp³-hybridized carbons (Fsp3) is 0.417. The molecule has 1 aliphatic rings. The van der Waals surface area contributed by atoms with Crippen LogP contribution in [0.25, 0.3) is 10.9 Å². The fourth-order valence-corrected chi connectivity index (χ4v) is 4.10. The quantitative estimate of drug-likeness (QED) is 0.614. The Bertz CT molecular complexity index is 965. The van der Waals surface area contributed by atoms with E-state index in [0.29, 0.717) is 12.1 Å². The Balaban J connectivity index is 1.32. The molecular formula is C24H31N5O. The molecule has 2 aromatic carbocycles. The number of hydrogen-bond acceptors (Lipinski definition) is 6. The van der Waals surface area contributed by atoms with Gasteiger partial charge >= 0.3 is 0 Å². The Morgan fingerprint density at radius 1 is 0.933 bits per heavy atom. The number of rotatable bonds is 7. The number of ether oxygens (including phenoxy) is 1. The summed E-state index contributed by atoms with van der Waals surface area (Å²) in [5.41, 5.74) is 2.27. The minimum atomic E-state index is 0.417. The van der Waals surface area contributed by atoms with E-state index in [-0.39, 0.29) is 0 Å². The maximum Gasteiger partial charge on any atom is 0.225 e. The molecular weight excluding hydrogens is 374 g/mol. The van der Waals surface area contributed by atoms with E-state index in [1.54, 1.807) is 7.11 Å². The summed E-state index contributed by atoms with van der Waals surface area (Å²) < 4.78 is 5.23. The predicted octanol–water partition coefficient (Wildman–Crippen LogP) is 4.22. The highest BCUT2D eigenvalue weighted by molar-refractivity contribution is 5.90. The van der Waals surface area contributed by atoms with Crippen LogP contribution in [-0.4, -0.2) is 43.3 Å². The number of anilines is 2. The lowest BCUT2D eigenvalue weighted by atomic mass is 9.91. The van der Waals surface area contributed by atoms with Crippen LogP contribution in [0.5, 0.6) is 5.75 Å². The number of aromatic nitrogens is 2. The molecule has 30 heavy (non-hydrogen) atoms. The minimum absolute atomic E-state index is 0.417. The number of hydrogen-bond donors (Lipinski definition) is 2. The van der Waals surface area contributed by atoms with Crippen molar-refractivity contribution in [3.63, 3.8) is 0 Å². The molecule has 1 aliphatic carbocycles. The van der Waals surface area contributed by atoms with Gasteiger partial charge in [0.05, 0.1) is 12.6 Å². The Labute approximate surface area is 178 Å². The van der Waals surface area contributed by atoms with Crippen molar-refractivity contribution in [2.75, 3.05) is 31.4 Å². The molecule has 0 aliphatic heterocycles. The van der Waals surface area contributed by atoms with Crippen LogP contribution in [0.1, 0.15) is 31.2 Å². The lowest BCUT2D eigenvalue weighted by Gasteiger charge is -2.30. The molecule has 0 radical (unpaired) electrons. The summed E-state index contributed by atoms with van der Waals surface area (Å²) in [7, 11) is 5.75. The first-order valence-corrected chi connectivity index (χ1v) is 10.7. The molecule has 0 unspecified atom stereocenters. The lowest BCUT2D eigenvalue weighted by Crippen LogP contribution is -2.37. The number of benzene rings is 2. The van der Waals surface area contributed by atoms with Crippen molar-refractivity contribution in [2.24, 2.45) is 0 Å². The van der Waals surface area contributed by atoms with E-state index in [9.17, 15) is 0 Å². The van der Waals surface area contributed by atoms with Crippen molar-refractivity contribution in [2.45, 2.75) is 44.3 Å². The SMILES string of the molecule is COc1ccc(CNC2CCC(Nc3nc(N(C)C)c4ccccc4n3)CC2)cc1. The van der Waals surface area contributed by atoms with Gasteiger partial charge in [0.1, 0.15) is 11.6 Å². The van der Waals surface area contributed by atoms with Gasteiger partial charge in [-0.05, 0) is 55.5 Å². The van der Waals surface area contributed by atoms with Crippen molar-refractivity contribution >= 4 is 22.7 Å². The number of para-hydroxylation sites is 1. The van der Waals surface area contributed by atoms with Gasteiger partial charge in [-0.15, -0.1) is 0 Å². The Kier molecular flexibility index (Phi) is 6.33. The van der Waals surface area contributed by atoms with Crippen LogP contribution in [0.15, 0.2) is 48.5 Å². The minimum Gasteiger partial charge on any atom is -0.497 e. The van der Waals surface area contributed by atoms with Crippen molar-refractivity contribution in [1.82, 2.24) is 15.3 Å². The molecule has 1 saturated carbocycles. The molecule has 6 heteroatoms. The third-order valence-corrected chi connectivity index (χ3v) is 5.82. The summed E-state index contributed by atoms with van der Waals surface area (Å²) in [5, 5.41) is 8.37. The zero-order valence-electron chi connectivity index (χ0n) is 18.1. The second kappa shape index (κ2) is 9.30. The van der Waals surface area contributed by atoms with Gasteiger partial charge in [0, 0.05) is 38.1 Å². The van der Waals surface area contributed by atoms with Gasteiger partial charge < -0.3 is 20.3 Å². The number of fused-ring (bicyclic) bond motifs is 1. The highest BCUT2D eigenvalue weighted by Gasteiger charge is 2.22. The predicted molar refractivity (Wildman–Crippen MR) is 123 cm³/mol. The fourth-order valence-electron chi connectivity index (χ4n) is 4.10. The van der Waals surface area contributed by atoms with Crippen LogP contribution in [-0.2, 0) is 6.54 Å². The molecule has 1 fully saturated rings. The summed E-state index contributed by atoms with van der Waals surface area (Å²) in [6.45, 7) is 0.896. The Morgan fingerprint density at radius 2 is 1.63 bits per heavy atom. The van der Waals surface area contributed by atoms with E-state index in [1.165, 1.54) is 5.56 Å². The third-order valence-electron chi connectivity index (χ3n) is 5.82. The standard InChI is InChI=1S/C24H31N5O/c1-29(2)23-21-6-4-5-7-22(21)27-24(28-23)26-19-12-10-18(11-13-19)25-16-17-8-14-20(30-3)15-9-17/h4-9,14-15,18-19,25H,10-13,16H2,1-3H3,(H,26,27,28). The Hall–Kier alpha value is -2.86.